The molecule has 9 nitrogen and oxygen atoms in total. The number of halogens is 1. The largest absolute Gasteiger partial charge is 0.377 e. The third-order valence-electron chi connectivity index (χ3n) is 5.71. The van der Waals surface area contributed by atoms with E-state index >= 15 is 0 Å². The van der Waals surface area contributed by atoms with Crippen LogP contribution in [0, 0.1) is 5.41 Å². The maximum Gasteiger partial charge on any atom is 0.230 e. The van der Waals surface area contributed by atoms with Crippen LogP contribution in [0.25, 0.3) is 0 Å². The molecule has 1 unspecified atom stereocenters. The van der Waals surface area contributed by atoms with Crippen molar-refractivity contribution in [1.82, 2.24) is 20.3 Å². The molecule has 30 heavy (non-hydrogen) atoms. The lowest BCUT2D eigenvalue weighted by Gasteiger charge is -2.31. The number of ether oxygens (including phenoxy) is 1. The molecular weight excluding hydrogens is 521 g/mol. The highest BCUT2D eigenvalue weighted by molar-refractivity contribution is 14.0. The van der Waals surface area contributed by atoms with Gasteiger partial charge in [-0.2, -0.15) is 0 Å². The fourth-order valence-electron chi connectivity index (χ4n) is 4.03. The summed E-state index contributed by atoms with van der Waals surface area (Å²) in [5.74, 6) is 0.589. The third-order valence-corrected chi connectivity index (χ3v) is 7.05. The Morgan fingerprint density at radius 3 is 2.43 bits per heavy atom. The first-order chi connectivity index (χ1) is 13.8. The molecule has 1 amide bonds. The highest BCUT2D eigenvalue weighted by Crippen LogP contribution is 2.38. The van der Waals surface area contributed by atoms with Crippen LogP contribution in [0.1, 0.15) is 44.9 Å². The lowest BCUT2D eigenvalue weighted by Crippen LogP contribution is -2.50. The molecule has 176 valence electrons. The predicted molar refractivity (Wildman–Crippen MR) is 130 cm³/mol. The third kappa shape index (κ3) is 8.46. The number of amides is 1. The standard InChI is InChI=1S/C19H37N5O4S.HI/c1-20-18(22-15-19(9-5-6-10-19)17(25)24(2)3)21-11-13-29(26,27)23-14-16-8-4-7-12-28-16;/h16,23H,4-15H2,1-3H3,(H2,20,21,22);1H. The molecule has 1 atom stereocenters. The molecular formula is C19H38IN5O4S. The van der Waals surface area contributed by atoms with Gasteiger partial charge >= 0.3 is 0 Å². The summed E-state index contributed by atoms with van der Waals surface area (Å²) < 4.78 is 32.6. The molecule has 11 heteroatoms. The van der Waals surface area contributed by atoms with Crippen molar-refractivity contribution in [3.63, 3.8) is 0 Å². The minimum atomic E-state index is -3.39. The zero-order chi connectivity index (χ0) is 21.3. The van der Waals surface area contributed by atoms with Gasteiger partial charge in [0.05, 0.1) is 17.3 Å². The van der Waals surface area contributed by atoms with Gasteiger partial charge in [0.25, 0.3) is 0 Å². The Balaban J connectivity index is 0.00000450. The van der Waals surface area contributed by atoms with Gasteiger partial charge in [-0.25, -0.2) is 13.1 Å². The van der Waals surface area contributed by atoms with E-state index < -0.39 is 15.4 Å². The number of guanidine groups is 1. The Kier molecular flexibility index (Phi) is 11.9. The second-order valence-corrected chi connectivity index (χ2v) is 10.1. The van der Waals surface area contributed by atoms with Gasteiger partial charge < -0.3 is 20.3 Å². The summed E-state index contributed by atoms with van der Waals surface area (Å²) in [6.07, 6.45) is 6.78. The summed E-state index contributed by atoms with van der Waals surface area (Å²) in [4.78, 5) is 18.5. The lowest BCUT2D eigenvalue weighted by atomic mass is 9.84. The van der Waals surface area contributed by atoms with Crippen LogP contribution in [0.3, 0.4) is 0 Å². The second-order valence-electron chi connectivity index (χ2n) is 8.20. The number of carbonyl (C=O) groups is 1. The lowest BCUT2D eigenvalue weighted by molar-refractivity contribution is -0.138. The molecule has 2 rings (SSSR count). The van der Waals surface area contributed by atoms with E-state index in [4.69, 9.17) is 4.74 Å². The molecule has 1 aliphatic heterocycles. The smallest absolute Gasteiger partial charge is 0.230 e. The van der Waals surface area contributed by atoms with Gasteiger partial charge in [0, 0.05) is 47.4 Å². The van der Waals surface area contributed by atoms with Crippen molar-refractivity contribution in [2.75, 3.05) is 53.1 Å². The zero-order valence-electron chi connectivity index (χ0n) is 18.4. The molecule has 0 aromatic heterocycles. The van der Waals surface area contributed by atoms with Gasteiger partial charge in [-0.3, -0.25) is 9.79 Å². The van der Waals surface area contributed by atoms with E-state index in [0.29, 0.717) is 25.7 Å². The van der Waals surface area contributed by atoms with Crippen LogP contribution in [-0.2, 0) is 19.6 Å². The highest BCUT2D eigenvalue weighted by Gasteiger charge is 2.42. The number of hydrogen-bond acceptors (Lipinski definition) is 5. The van der Waals surface area contributed by atoms with Crippen LogP contribution in [-0.4, -0.2) is 84.4 Å². The molecule has 0 bridgehead atoms. The van der Waals surface area contributed by atoms with Crippen molar-refractivity contribution in [1.29, 1.82) is 0 Å². The molecule has 1 saturated heterocycles. The molecule has 2 fully saturated rings. The fraction of sp³-hybridized carbons (Fsp3) is 0.895. The van der Waals surface area contributed by atoms with Gasteiger partial charge in [0.2, 0.25) is 15.9 Å². The van der Waals surface area contributed by atoms with Crippen LogP contribution in [0.2, 0.25) is 0 Å². The average Bonchev–Trinajstić information content (AvgIpc) is 3.19. The Bertz CT molecular complexity index is 660. The van der Waals surface area contributed by atoms with E-state index in [9.17, 15) is 13.2 Å². The average molecular weight is 560 g/mol. The maximum absolute atomic E-state index is 12.6. The van der Waals surface area contributed by atoms with Gasteiger partial charge in [0.1, 0.15) is 0 Å². The zero-order valence-corrected chi connectivity index (χ0v) is 21.6. The van der Waals surface area contributed by atoms with Crippen molar-refractivity contribution >= 4 is 45.9 Å². The Hall–Kier alpha value is -0.660. The van der Waals surface area contributed by atoms with Gasteiger partial charge in [-0.05, 0) is 32.1 Å². The van der Waals surface area contributed by atoms with E-state index in [2.05, 4.69) is 20.3 Å². The van der Waals surface area contributed by atoms with Gasteiger partial charge in [0.15, 0.2) is 5.96 Å². The molecule has 1 aliphatic carbocycles. The molecule has 0 aromatic carbocycles. The summed E-state index contributed by atoms with van der Waals surface area (Å²) in [7, 11) is 1.82. The number of sulfonamides is 1. The normalized spacial score (nSPS) is 21.6. The van der Waals surface area contributed by atoms with Crippen molar-refractivity contribution in [2.24, 2.45) is 10.4 Å². The van der Waals surface area contributed by atoms with E-state index in [-0.39, 0.29) is 48.3 Å². The summed E-state index contributed by atoms with van der Waals surface area (Å²) in [5, 5.41) is 6.25. The molecule has 1 saturated carbocycles. The molecule has 2 aliphatic rings. The highest BCUT2D eigenvalue weighted by atomic mass is 127. The van der Waals surface area contributed by atoms with Crippen LogP contribution in [0.5, 0.6) is 0 Å². The topological polar surface area (TPSA) is 112 Å². The first-order valence-corrected chi connectivity index (χ1v) is 12.2. The van der Waals surface area contributed by atoms with Crippen LogP contribution >= 0.6 is 24.0 Å². The Morgan fingerprint density at radius 1 is 1.17 bits per heavy atom. The van der Waals surface area contributed by atoms with Crippen LogP contribution in [0.15, 0.2) is 4.99 Å². The Morgan fingerprint density at radius 2 is 1.87 bits per heavy atom. The second kappa shape index (κ2) is 13.0. The summed E-state index contributed by atoms with van der Waals surface area (Å²) in [6.45, 7) is 1.75. The van der Waals surface area contributed by atoms with E-state index in [1.54, 1.807) is 26.0 Å². The quantitative estimate of drug-likeness (QED) is 0.220. The molecule has 3 N–H and O–H groups in total. The van der Waals surface area contributed by atoms with Gasteiger partial charge in [-0.1, -0.05) is 12.8 Å². The first-order valence-electron chi connectivity index (χ1n) is 10.5. The van der Waals surface area contributed by atoms with E-state index in [1.807, 2.05) is 0 Å². The number of hydrogen-bond donors (Lipinski definition) is 3. The van der Waals surface area contributed by atoms with Crippen molar-refractivity contribution in [3.05, 3.63) is 0 Å². The SMILES string of the molecule is CN=C(NCCS(=O)(=O)NCC1CCCCO1)NCC1(C(=O)N(C)C)CCCC1.I. The summed E-state index contributed by atoms with van der Waals surface area (Å²) >= 11 is 0. The summed E-state index contributed by atoms with van der Waals surface area (Å²) in [5.41, 5.74) is -0.408. The monoisotopic (exact) mass is 559 g/mol. The van der Waals surface area contributed by atoms with E-state index in [1.165, 1.54) is 0 Å². The van der Waals surface area contributed by atoms with Crippen LogP contribution in [0.4, 0.5) is 0 Å². The van der Waals surface area contributed by atoms with Crippen molar-refractivity contribution < 1.29 is 17.9 Å². The molecule has 0 spiro atoms. The number of rotatable bonds is 9. The molecule has 0 radical (unpaired) electrons. The number of carbonyl (C=O) groups excluding carboxylic acids is 1. The van der Waals surface area contributed by atoms with Gasteiger partial charge in [-0.15, -0.1) is 24.0 Å². The predicted octanol–water partition coefficient (Wildman–Crippen LogP) is 0.907. The number of nitrogens with one attached hydrogen (secondary N) is 3. The molecule has 0 aromatic rings. The fourth-order valence-corrected chi connectivity index (χ4v) is 4.99. The number of nitrogens with zero attached hydrogens (tertiary/aromatic N) is 2. The number of aliphatic imine (C=N–C) groups is 1. The minimum Gasteiger partial charge on any atom is -0.377 e. The van der Waals surface area contributed by atoms with E-state index in [0.717, 1.165) is 44.9 Å². The van der Waals surface area contributed by atoms with Crippen molar-refractivity contribution in [2.45, 2.75) is 51.0 Å². The van der Waals surface area contributed by atoms with Crippen LogP contribution < -0.4 is 15.4 Å². The maximum atomic E-state index is 12.6. The summed E-state index contributed by atoms with van der Waals surface area (Å²) in [6, 6.07) is 0. The van der Waals surface area contributed by atoms with Crippen molar-refractivity contribution in [3.8, 4) is 0 Å². The minimum absolute atomic E-state index is 0. The Labute approximate surface area is 198 Å². The molecule has 1 heterocycles. The first kappa shape index (κ1) is 27.4.